The Morgan fingerprint density at radius 2 is 2.05 bits per heavy atom. The minimum Gasteiger partial charge on any atom is -0.437 e. The van der Waals surface area contributed by atoms with Crippen LogP contribution >= 0.6 is 0 Å². The van der Waals surface area contributed by atoms with Crippen LogP contribution in [-0.4, -0.2) is 19.7 Å². The molecule has 1 aromatic carbocycles. The fourth-order valence-corrected chi connectivity index (χ4v) is 2.46. The minimum atomic E-state index is -3.39. The molecule has 0 amide bonds. The Balaban J connectivity index is 2.46. The molecule has 0 unspecified atom stereocenters. The molecule has 5 nitrogen and oxygen atoms in total. The van der Waals surface area contributed by atoms with E-state index in [1.54, 1.807) is 12.1 Å². The van der Waals surface area contributed by atoms with E-state index < -0.39 is 9.84 Å². The molecule has 0 aliphatic heterocycles. The summed E-state index contributed by atoms with van der Waals surface area (Å²) in [5.74, 6) is 0.629. The third-order valence-electron chi connectivity index (χ3n) is 2.83. The van der Waals surface area contributed by atoms with Crippen LogP contribution in [0.2, 0.25) is 0 Å². The number of pyridine rings is 1. The molecular formula is C14H16N2O3S. The lowest BCUT2D eigenvalue weighted by molar-refractivity contribution is 0.443. The van der Waals surface area contributed by atoms with Gasteiger partial charge in [0.15, 0.2) is 9.84 Å². The molecule has 0 fully saturated rings. The number of benzene rings is 1. The zero-order chi connectivity index (χ0) is 14.8. The number of aromatic nitrogens is 1. The number of ether oxygens (including phenoxy) is 1. The van der Waals surface area contributed by atoms with Gasteiger partial charge in [0.1, 0.15) is 10.6 Å². The molecule has 1 aromatic heterocycles. The molecule has 0 atom stereocenters. The van der Waals surface area contributed by atoms with Crippen molar-refractivity contribution in [2.24, 2.45) is 5.73 Å². The lowest BCUT2D eigenvalue weighted by Crippen LogP contribution is -2.03. The van der Waals surface area contributed by atoms with E-state index in [9.17, 15) is 8.42 Å². The molecule has 2 aromatic rings. The molecule has 2 N–H and O–H groups in total. The van der Waals surface area contributed by atoms with Gasteiger partial charge in [-0.1, -0.05) is 12.1 Å². The van der Waals surface area contributed by atoms with Gasteiger partial charge in [-0.3, -0.25) is 0 Å². The van der Waals surface area contributed by atoms with Gasteiger partial charge >= 0.3 is 0 Å². The van der Waals surface area contributed by atoms with Gasteiger partial charge in [-0.05, 0) is 36.2 Å². The van der Waals surface area contributed by atoms with Crippen molar-refractivity contribution in [2.45, 2.75) is 18.4 Å². The topological polar surface area (TPSA) is 82.3 Å². The number of hydrogen-bond acceptors (Lipinski definition) is 5. The van der Waals surface area contributed by atoms with Crippen LogP contribution in [0.1, 0.15) is 11.1 Å². The van der Waals surface area contributed by atoms with Crippen molar-refractivity contribution < 1.29 is 13.2 Å². The Morgan fingerprint density at radius 1 is 1.30 bits per heavy atom. The lowest BCUT2D eigenvalue weighted by Gasteiger charge is -2.11. The van der Waals surface area contributed by atoms with Crippen LogP contribution in [0.5, 0.6) is 11.6 Å². The van der Waals surface area contributed by atoms with Crippen molar-refractivity contribution >= 4 is 9.84 Å². The zero-order valence-corrected chi connectivity index (χ0v) is 12.1. The van der Waals surface area contributed by atoms with E-state index in [0.717, 1.165) is 17.4 Å². The Morgan fingerprint density at radius 3 is 2.70 bits per heavy atom. The van der Waals surface area contributed by atoms with Crippen molar-refractivity contribution in [2.75, 3.05) is 6.26 Å². The Hall–Kier alpha value is -1.92. The Labute approximate surface area is 118 Å². The first-order valence-electron chi connectivity index (χ1n) is 6.04. The first-order valence-corrected chi connectivity index (χ1v) is 7.93. The van der Waals surface area contributed by atoms with E-state index >= 15 is 0 Å². The SMILES string of the molecule is Cc1ccc(CN)cc1Oc1ncccc1S(C)(=O)=O. The van der Waals surface area contributed by atoms with Crippen LogP contribution < -0.4 is 10.5 Å². The van der Waals surface area contributed by atoms with E-state index in [1.807, 2.05) is 19.1 Å². The molecule has 106 valence electrons. The first-order chi connectivity index (χ1) is 9.41. The first kappa shape index (κ1) is 14.5. The second kappa shape index (κ2) is 5.60. The average Bonchev–Trinajstić information content (AvgIpc) is 2.41. The predicted molar refractivity (Wildman–Crippen MR) is 76.5 cm³/mol. The fourth-order valence-electron chi connectivity index (χ4n) is 1.72. The van der Waals surface area contributed by atoms with Crippen molar-refractivity contribution in [1.29, 1.82) is 0 Å². The molecule has 0 aliphatic rings. The van der Waals surface area contributed by atoms with Gasteiger partial charge in [-0.15, -0.1) is 0 Å². The highest BCUT2D eigenvalue weighted by atomic mass is 32.2. The van der Waals surface area contributed by atoms with Crippen molar-refractivity contribution in [3.05, 3.63) is 47.7 Å². The maximum absolute atomic E-state index is 11.7. The number of sulfone groups is 1. The molecular weight excluding hydrogens is 276 g/mol. The maximum atomic E-state index is 11.7. The molecule has 6 heteroatoms. The second-order valence-corrected chi connectivity index (χ2v) is 6.47. The molecule has 0 saturated heterocycles. The van der Waals surface area contributed by atoms with Gasteiger partial charge < -0.3 is 10.5 Å². The van der Waals surface area contributed by atoms with E-state index in [0.29, 0.717) is 12.3 Å². The molecule has 0 bridgehead atoms. The summed E-state index contributed by atoms with van der Waals surface area (Å²) in [6.07, 6.45) is 2.62. The van der Waals surface area contributed by atoms with Gasteiger partial charge in [-0.25, -0.2) is 13.4 Å². The van der Waals surface area contributed by atoms with Crippen LogP contribution in [0.25, 0.3) is 0 Å². The normalized spacial score (nSPS) is 11.3. The average molecular weight is 292 g/mol. The molecule has 0 radical (unpaired) electrons. The molecule has 0 saturated carbocycles. The van der Waals surface area contributed by atoms with Crippen LogP contribution in [0.4, 0.5) is 0 Å². The van der Waals surface area contributed by atoms with E-state index in [4.69, 9.17) is 10.5 Å². The summed E-state index contributed by atoms with van der Waals surface area (Å²) in [4.78, 5) is 4.07. The Kier molecular flexibility index (Phi) is 4.06. The van der Waals surface area contributed by atoms with E-state index in [-0.39, 0.29) is 10.8 Å². The maximum Gasteiger partial charge on any atom is 0.238 e. The lowest BCUT2D eigenvalue weighted by atomic mass is 10.1. The van der Waals surface area contributed by atoms with Gasteiger partial charge in [-0.2, -0.15) is 0 Å². The largest absolute Gasteiger partial charge is 0.437 e. The number of rotatable bonds is 4. The highest BCUT2D eigenvalue weighted by Crippen LogP contribution is 2.29. The van der Waals surface area contributed by atoms with Gasteiger partial charge in [0.05, 0.1) is 0 Å². The summed E-state index contributed by atoms with van der Waals surface area (Å²) < 4.78 is 29.1. The molecule has 1 heterocycles. The van der Waals surface area contributed by atoms with Gasteiger partial charge in [0, 0.05) is 19.0 Å². The quantitative estimate of drug-likeness (QED) is 0.932. The summed E-state index contributed by atoms with van der Waals surface area (Å²) in [5.41, 5.74) is 7.38. The summed E-state index contributed by atoms with van der Waals surface area (Å²) in [6, 6.07) is 8.60. The number of hydrogen-bond donors (Lipinski definition) is 1. The van der Waals surface area contributed by atoms with E-state index in [1.165, 1.54) is 12.3 Å². The molecule has 20 heavy (non-hydrogen) atoms. The zero-order valence-electron chi connectivity index (χ0n) is 11.3. The highest BCUT2D eigenvalue weighted by Gasteiger charge is 2.16. The van der Waals surface area contributed by atoms with Crippen LogP contribution in [0.3, 0.4) is 0 Å². The molecule has 2 rings (SSSR count). The predicted octanol–water partition coefficient (Wildman–Crippen LogP) is 2.04. The van der Waals surface area contributed by atoms with Crippen LogP contribution in [0.15, 0.2) is 41.4 Å². The van der Waals surface area contributed by atoms with E-state index in [2.05, 4.69) is 4.98 Å². The highest BCUT2D eigenvalue weighted by molar-refractivity contribution is 7.90. The van der Waals surface area contributed by atoms with Crippen molar-refractivity contribution in [3.8, 4) is 11.6 Å². The summed E-state index contributed by atoms with van der Waals surface area (Å²) in [5, 5.41) is 0. The number of nitrogens with two attached hydrogens (primary N) is 1. The third kappa shape index (κ3) is 3.15. The Bertz CT molecular complexity index is 727. The summed E-state index contributed by atoms with van der Waals surface area (Å²) in [6.45, 7) is 2.26. The van der Waals surface area contributed by atoms with Crippen molar-refractivity contribution in [3.63, 3.8) is 0 Å². The summed E-state index contributed by atoms with van der Waals surface area (Å²) >= 11 is 0. The molecule has 0 spiro atoms. The monoisotopic (exact) mass is 292 g/mol. The number of aryl methyl sites for hydroxylation is 1. The fraction of sp³-hybridized carbons (Fsp3) is 0.214. The third-order valence-corrected chi connectivity index (χ3v) is 3.94. The van der Waals surface area contributed by atoms with Crippen LogP contribution in [-0.2, 0) is 16.4 Å². The van der Waals surface area contributed by atoms with Crippen LogP contribution in [0, 0.1) is 6.92 Å². The van der Waals surface area contributed by atoms with Crippen molar-refractivity contribution in [1.82, 2.24) is 4.98 Å². The summed E-state index contributed by atoms with van der Waals surface area (Å²) in [7, 11) is -3.39. The van der Waals surface area contributed by atoms with Gasteiger partial charge in [0.25, 0.3) is 0 Å². The molecule has 0 aliphatic carbocycles. The number of nitrogens with zero attached hydrogens (tertiary/aromatic N) is 1. The minimum absolute atomic E-state index is 0.0672. The standard InChI is InChI=1S/C14H16N2O3S/c1-10-5-6-11(9-15)8-12(10)19-14-13(20(2,17)18)4-3-7-16-14/h3-8H,9,15H2,1-2H3. The second-order valence-electron chi connectivity index (χ2n) is 4.48. The smallest absolute Gasteiger partial charge is 0.238 e. The van der Waals surface area contributed by atoms with Gasteiger partial charge in [0.2, 0.25) is 5.88 Å².